The smallest absolute Gasteiger partial charge is 0.429 e. The summed E-state index contributed by atoms with van der Waals surface area (Å²) in [4.78, 5) is 22.4. The van der Waals surface area contributed by atoms with Crippen molar-refractivity contribution in [2.75, 3.05) is 24.5 Å². The minimum absolute atomic E-state index is 0.226. The lowest BCUT2D eigenvalue weighted by molar-refractivity contribution is -0.206. The van der Waals surface area contributed by atoms with Gasteiger partial charge in [0.15, 0.2) is 0 Å². The van der Waals surface area contributed by atoms with E-state index in [0.29, 0.717) is 12.3 Å². The largest absolute Gasteiger partial charge is 0.432 e. The number of aromatic nitrogens is 2. The number of piperidine rings is 1. The number of nitrogens with one attached hydrogen (secondary N) is 1. The third kappa shape index (κ3) is 6.68. The number of anilines is 1. The highest BCUT2D eigenvalue weighted by Crippen LogP contribution is 2.36. The molecule has 1 amide bonds. The molecule has 1 unspecified atom stereocenters. The predicted octanol–water partition coefficient (Wildman–Crippen LogP) is 5.98. The molecular weight excluding hydrogens is 484 g/mol. The van der Waals surface area contributed by atoms with Crippen LogP contribution in [0.15, 0.2) is 54.0 Å². The van der Waals surface area contributed by atoms with E-state index in [4.69, 9.17) is 4.98 Å². The van der Waals surface area contributed by atoms with Crippen LogP contribution in [-0.4, -0.2) is 41.9 Å². The van der Waals surface area contributed by atoms with Crippen molar-refractivity contribution in [1.82, 2.24) is 15.3 Å². The van der Waals surface area contributed by atoms with Crippen LogP contribution in [0.5, 0.6) is 0 Å². The average Bonchev–Trinajstić information content (AvgIpc) is 3.37. The van der Waals surface area contributed by atoms with Crippen LogP contribution in [0.1, 0.15) is 30.4 Å². The first-order valence-electron chi connectivity index (χ1n) is 11.2. The number of alkyl carbamates (subject to hydrolysis) is 1. The quantitative estimate of drug-likeness (QED) is 0.398. The number of carbonyl (C=O) groups is 1. The first-order chi connectivity index (χ1) is 16.8. The number of carbonyl (C=O) groups excluding carboxylic acids is 1. The number of pyridine rings is 1. The van der Waals surface area contributed by atoms with Crippen LogP contribution in [0, 0.1) is 11.7 Å². The Morgan fingerprint density at radius 1 is 1.17 bits per heavy atom. The molecule has 1 fully saturated rings. The minimum atomic E-state index is -4.73. The maximum atomic E-state index is 13.2. The molecule has 11 heteroatoms. The number of alkyl halides is 3. The molecule has 1 aliphatic heterocycles. The maximum absolute atomic E-state index is 13.2. The van der Waals surface area contributed by atoms with Crippen molar-refractivity contribution < 1.29 is 27.1 Å². The van der Waals surface area contributed by atoms with Gasteiger partial charge in [-0.05, 0) is 61.6 Å². The third-order valence-corrected chi connectivity index (χ3v) is 6.65. The summed E-state index contributed by atoms with van der Waals surface area (Å²) in [6, 6.07) is 11.9. The maximum Gasteiger partial charge on any atom is 0.432 e. The summed E-state index contributed by atoms with van der Waals surface area (Å²) in [5.41, 5.74) is 1.60. The van der Waals surface area contributed by atoms with E-state index in [1.807, 2.05) is 18.2 Å². The molecule has 0 radical (unpaired) electrons. The first kappa shape index (κ1) is 24.9. The van der Waals surface area contributed by atoms with Gasteiger partial charge in [-0.1, -0.05) is 6.07 Å². The molecule has 1 N–H and O–H groups in total. The fourth-order valence-electron chi connectivity index (χ4n) is 3.98. The van der Waals surface area contributed by atoms with Crippen LogP contribution in [0.25, 0.3) is 11.3 Å². The van der Waals surface area contributed by atoms with Crippen LogP contribution in [-0.2, 0) is 4.74 Å². The highest BCUT2D eigenvalue weighted by molar-refractivity contribution is 7.09. The Bertz CT molecular complexity index is 1100. The number of halogens is 4. The van der Waals surface area contributed by atoms with Crippen molar-refractivity contribution in [3.8, 4) is 11.3 Å². The van der Waals surface area contributed by atoms with Gasteiger partial charge in [0.05, 0.1) is 5.69 Å². The van der Waals surface area contributed by atoms with Gasteiger partial charge in [0.2, 0.25) is 6.10 Å². The lowest BCUT2D eigenvalue weighted by Gasteiger charge is -2.33. The molecule has 0 bridgehead atoms. The van der Waals surface area contributed by atoms with Crippen molar-refractivity contribution in [2.24, 2.45) is 5.92 Å². The molecular formula is C24H24F4N4O2S. The van der Waals surface area contributed by atoms with E-state index in [1.54, 1.807) is 12.1 Å². The van der Waals surface area contributed by atoms with Crippen molar-refractivity contribution in [3.63, 3.8) is 0 Å². The molecule has 186 valence electrons. The Morgan fingerprint density at radius 2 is 1.91 bits per heavy atom. The number of hydrogen-bond acceptors (Lipinski definition) is 6. The van der Waals surface area contributed by atoms with Gasteiger partial charge in [-0.2, -0.15) is 13.2 Å². The van der Waals surface area contributed by atoms with E-state index < -0.39 is 18.4 Å². The molecule has 0 aliphatic carbocycles. The molecule has 1 atom stereocenters. The van der Waals surface area contributed by atoms with Gasteiger partial charge in [0.1, 0.15) is 16.6 Å². The summed E-state index contributed by atoms with van der Waals surface area (Å²) in [5, 5.41) is 3.52. The third-order valence-electron chi connectivity index (χ3n) is 5.83. The van der Waals surface area contributed by atoms with Gasteiger partial charge in [0, 0.05) is 36.8 Å². The monoisotopic (exact) mass is 508 g/mol. The Kier molecular flexibility index (Phi) is 7.84. The Labute approximate surface area is 204 Å². The molecule has 2 aromatic heterocycles. The second kappa shape index (κ2) is 11.0. The number of hydrogen-bond donors (Lipinski definition) is 1. The van der Waals surface area contributed by atoms with Gasteiger partial charge in [0.25, 0.3) is 0 Å². The standard InChI is InChI=1S/C24H24F4N4O2S/c25-18-6-4-17(5-7-18)19-2-1-3-20(31-19)32-13-9-16(10-14-32)8-11-30-23(33)34-21(24(26,27)28)22-29-12-15-35-22/h1-7,12,15-16,21H,8-11,13-14H2,(H,30,33). The molecule has 3 heterocycles. The molecule has 35 heavy (non-hydrogen) atoms. The average molecular weight is 509 g/mol. The SMILES string of the molecule is O=C(NCCC1CCN(c2cccc(-c3ccc(F)cc3)n2)CC1)OC(c1nccs1)C(F)(F)F. The van der Waals surface area contributed by atoms with E-state index in [2.05, 4.69) is 19.9 Å². The van der Waals surface area contributed by atoms with Gasteiger partial charge < -0.3 is 15.0 Å². The molecule has 1 saturated heterocycles. The second-order valence-electron chi connectivity index (χ2n) is 8.23. The van der Waals surface area contributed by atoms with Crippen molar-refractivity contribution in [1.29, 1.82) is 0 Å². The first-order valence-corrected chi connectivity index (χ1v) is 12.1. The second-order valence-corrected chi connectivity index (χ2v) is 9.16. The van der Waals surface area contributed by atoms with E-state index in [-0.39, 0.29) is 17.4 Å². The summed E-state index contributed by atoms with van der Waals surface area (Å²) < 4.78 is 57.4. The Balaban J connectivity index is 1.23. The van der Waals surface area contributed by atoms with Crippen LogP contribution in [0.3, 0.4) is 0 Å². The van der Waals surface area contributed by atoms with Crippen LogP contribution in [0.4, 0.5) is 28.2 Å². The number of rotatable bonds is 7. The number of ether oxygens (including phenoxy) is 1. The van der Waals surface area contributed by atoms with Gasteiger partial charge >= 0.3 is 12.3 Å². The normalized spacial score (nSPS) is 15.6. The molecule has 1 aliphatic rings. The molecule has 3 aromatic rings. The van der Waals surface area contributed by atoms with E-state index in [0.717, 1.165) is 54.3 Å². The zero-order valence-corrected chi connectivity index (χ0v) is 19.5. The number of amides is 1. The molecule has 0 saturated carbocycles. The summed E-state index contributed by atoms with van der Waals surface area (Å²) in [7, 11) is 0. The zero-order valence-electron chi connectivity index (χ0n) is 18.7. The number of nitrogens with zero attached hydrogens (tertiary/aromatic N) is 3. The van der Waals surface area contributed by atoms with Gasteiger partial charge in [-0.3, -0.25) is 0 Å². The van der Waals surface area contributed by atoms with E-state index in [1.165, 1.54) is 23.7 Å². The van der Waals surface area contributed by atoms with E-state index in [9.17, 15) is 22.4 Å². The summed E-state index contributed by atoms with van der Waals surface area (Å²) in [6.07, 6.45) is -4.61. The summed E-state index contributed by atoms with van der Waals surface area (Å²) >= 11 is 0.784. The lowest BCUT2D eigenvalue weighted by atomic mass is 9.93. The van der Waals surface area contributed by atoms with Crippen LogP contribution in [0.2, 0.25) is 0 Å². The van der Waals surface area contributed by atoms with Crippen LogP contribution >= 0.6 is 11.3 Å². The summed E-state index contributed by atoms with van der Waals surface area (Å²) in [5.74, 6) is 0.867. The fraction of sp³-hybridized carbons (Fsp3) is 0.375. The highest BCUT2D eigenvalue weighted by Gasteiger charge is 2.46. The van der Waals surface area contributed by atoms with Crippen molar-refractivity contribution >= 4 is 23.2 Å². The van der Waals surface area contributed by atoms with E-state index >= 15 is 0 Å². The Morgan fingerprint density at radius 3 is 2.57 bits per heavy atom. The fourth-order valence-corrected chi connectivity index (χ4v) is 4.67. The molecule has 4 rings (SSSR count). The van der Waals surface area contributed by atoms with Gasteiger partial charge in [-0.25, -0.2) is 19.2 Å². The predicted molar refractivity (Wildman–Crippen MR) is 125 cm³/mol. The molecule has 6 nitrogen and oxygen atoms in total. The van der Waals surface area contributed by atoms with Crippen LogP contribution < -0.4 is 10.2 Å². The molecule has 1 aromatic carbocycles. The highest BCUT2D eigenvalue weighted by atomic mass is 32.1. The topological polar surface area (TPSA) is 67.4 Å². The molecule has 0 spiro atoms. The zero-order chi connectivity index (χ0) is 24.8. The minimum Gasteiger partial charge on any atom is -0.429 e. The summed E-state index contributed by atoms with van der Waals surface area (Å²) in [6.45, 7) is 1.77. The van der Waals surface area contributed by atoms with Gasteiger partial charge in [-0.15, -0.1) is 11.3 Å². The van der Waals surface area contributed by atoms with Crippen molar-refractivity contribution in [3.05, 3.63) is 64.9 Å². The number of benzene rings is 1. The van der Waals surface area contributed by atoms with Crippen molar-refractivity contribution in [2.45, 2.75) is 31.5 Å². The Hall–Kier alpha value is -3.21. The lowest BCUT2D eigenvalue weighted by Crippen LogP contribution is -2.36. The number of thiazole rings is 1.